The van der Waals surface area contributed by atoms with Crippen LogP contribution in [0.5, 0.6) is 0 Å². The average Bonchev–Trinajstić information content (AvgIpc) is 2.72. The van der Waals surface area contributed by atoms with Crippen LogP contribution in [0.4, 0.5) is 16.2 Å². The average molecular weight is 486 g/mol. The topological polar surface area (TPSA) is 69.7 Å². The third-order valence-corrected chi connectivity index (χ3v) is 7.32. The largest absolute Gasteiger partial charge is 0.369 e. The van der Waals surface area contributed by atoms with Crippen LogP contribution >= 0.6 is 23.2 Å². The van der Waals surface area contributed by atoms with Crippen LogP contribution in [0.1, 0.15) is 49.8 Å². The van der Waals surface area contributed by atoms with Gasteiger partial charge in [0.2, 0.25) is 0 Å². The number of imide groups is 2. The van der Waals surface area contributed by atoms with Gasteiger partial charge in [-0.3, -0.25) is 14.9 Å². The van der Waals surface area contributed by atoms with Gasteiger partial charge in [0.05, 0.1) is 15.7 Å². The summed E-state index contributed by atoms with van der Waals surface area (Å²) in [5.41, 5.74) is 4.12. The van der Waals surface area contributed by atoms with Crippen molar-refractivity contribution in [2.75, 3.05) is 16.8 Å². The smallest absolute Gasteiger partial charge is 0.335 e. The SMILES string of the molecule is Cc1cc2c(cc1/C=C1\C(=O)NC(=O)N(c3ccc(Cl)c(Cl)c3)C1=O)C(C)CC(C)(C)N2C. The van der Waals surface area contributed by atoms with E-state index >= 15 is 0 Å². The molecule has 0 radical (unpaired) electrons. The van der Waals surface area contributed by atoms with Gasteiger partial charge in [-0.1, -0.05) is 30.1 Å². The van der Waals surface area contributed by atoms with Gasteiger partial charge in [-0.25, -0.2) is 9.69 Å². The Morgan fingerprint density at radius 2 is 1.79 bits per heavy atom. The Kier molecular flexibility index (Phi) is 5.79. The van der Waals surface area contributed by atoms with Crippen LogP contribution in [0.25, 0.3) is 6.08 Å². The highest BCUT2D eigenvalue weighted by molar-refractivity contribution is 6.43. The summed E-state index contributed by atoms with van der Waals surface area (Å²) >= 11 is 12.0. The molecule has 33 heavy (non-hydrogen) atoms. The van der Waals surface area contributed by atoms with Crippen molar-refractivity contribution >= 4 is 58.5 Å². The minimum Gasteiger partial charge on any atom is -0.369 e. The molecule has 1 unspecified atom stereocenters. The zero-order chi connectivity index (χ0) is 24.2. The summed E-state index contributed by atoms with van der Waals surface area (Å²) in [5, 5.41) is 2.74. The molecule has 0 aromatic heterocycles. The molecule has 2 aliphatic heterocycles. The molecule has 8 heteroatoms. The van der Waals surface area contributed by atoms with Gasteiger partial charge in [0, 0.05) is 18.3 Å². The molecular formula is C25H25Cl2N3O3. The van der Waals surface area contributed by atoms with E-state index in [2.05, 4.69) is 44.1 Å². The molecule has 2 aromatic carbocycles. The molecule has 172 valence electrons. The lowest BCUT2D eigenvalue weighted by Gasteiger charge is -2.45. The Morgan fingerprint density at radius 1 is 1.09 bits per heavy atom. The predicted molar refractivity (Wildman–Crippen MR) is 132 cm³/mol. The van der Waals surface area contributed by atoms with Crippen LogP contribution in [0.3, 0.4) is 0 Å². The van der Waals surface area contributed by atoms with E-state index in [-0.39, 0.29) is 21.8 Å². The van der Waals surface area contributed by atoms with Gasteiger partial charge in [-0.2, -0.15) is 0 Å². The number of hydrogen-bond acceptors (Lipinski definition) is 4. The Labute approximate surface area is 203 Å². The number of nitrogens with one attached hydrogen (secondary N) is 1. The van der Waals surface area contributed by atoms with Crippen molar-refractivity contribution in [1.29, 1.82) is 0 Å². The molecule has 4 rings (SSSR count). The highest BCUT2D eigenvalue weighted by Crippen LogP contribution is 2.43. The second kappa shape index (κ2) is 8.19. The lowest BCUT2D eigenvalue weighted by molar-refractivity contribution is -0.122. The summed E-state index contributed by atoms with van der Waals surface area (Å²) < 4.78 is 0. The van der Waals surface area contributed by atoms with Crippen molar-refractivity contribution in [3.8, 4) is 0 Å². The Balaban J connectivity index is 1.77. The molecule has 4 amide bonds. The molecule has 0 spiro atoms. The van der Waals surface area contributed by atoms with Crippen LogP contribution in [-0.2, 0) is 9.59 Å². The summed E-state index contributed by atoms with van der Waals surface area (Å²) in [5.74, 6) is -1.13. The molecule has 1 atom stereocenters. The number of amides is 4. The van der Waals surface area contributed by atoms with Gasteiger partial charge in [0.15, 0.2) is 0 Å². The standard InChI is InChI=1S/C25H25Cl2N3O3/c1-13-8-21-17(14(2)12-25(3,4)29(21)5)9-15(13)10-18-22(31)28-24(33)30(23(18)32)16-6-7-19(26)20(27)11-16/h6-11,14H,12H2,1-5H3,(H,28,31,33)/b18-10+. The van der Waals surface area contributed by atoms with E-state index in [0.717, 1.165) is 33.7 Å². The summed E-state index contributed by atoms with van der Waals surface area (Å²) in [6.45, 7) is 8.57. The number of fused-ring (bicyclic) bond motifs is 1. The lowest BCUT2D eigenvalue weighted by atomic mass is 9.79. The van der Waals surface area contributed by atoms with E-state index < -0.39 is 17.8 Å². The number of carbonyl (C=O) groups excluding carboxylic acids is 3. The molecule has 1 N–H and O–H groups in total. The molecule has 6 nitrogen and oxygen atoms in total. The highest BCUT2D eigenvalue weighted by Gasteiger charge is 2.38. The molecule has 0 aliphatic carbocycles. The molecule has 0 bridgehead atoms. The number of carbonyl (C=O) groups is 3. The van der Waals surface area contributed by atoms with Gasteiger partial charge < -0.3 is 4.90 Å². The minimum atomic E-state index is -0.833. The summed E-state index contributed by atoms with van der Waals surface area (Å²) in [6, 6.07) is 7.70. The molecular weight excluding hydrogens is 461 g/mol. The minimum absolute atomic E-state index is 0.0266. The van der Waals surface area contributed by atoms with Gasteiger partial charge in [-0.15, -0.1) is 0 Å². The van der Waals surface area contributed by atoms with Gasteiger partial charge in [-0.05, 0) is 86.2 Å². The number of nitrogens with zero attached hydrogens (tertiary/aromatic N) is 2. The maximum atomic E-state index is 13.2. The number of benzene rings is 2. The third kappa shape index (κ3) is 4.02. The molecule has 0 saturated carbocycles. The van der Waals surface area contributed by atoms with Crippen LogP contribution in [-0.4, -0.2) is 30.4 Å². The number of anilines is 2. The van der Waals surface area contributed by atoms with Crippen LogP contribution in [0, 0.1) is 6.92 Å². The Bertz CT molecular complexity index is 1240. The third-order valence-electron chi connectivity index (χ3n) is 6.58. The van der Waals surface area contributed by atoms with E-state index in [4.69, 9.17) is 23.2 Å². The van der Waals surface area contributed by atoms with Gasteiger partial charge >= 0.3 is 6.03 Å². The second-order valence-corrected chi connectivity index (χ2v) is 10.1. The first-order valence-corrected chi connectivity index (χ1v) is 11.4. The van der Waals surface area contributed by atoms with E-state index in [1.807, 2.05) is 13.0 Å². The lowest BCUT2D eigenvalue weighted by Crippen LogP contribution is -2.54. The van der Waals surface area contributed by atoms with E-state index in [1.54, 1.807) is 6.08 Å². The van der Waals surface area contributed by atoms with E-state index in [1.165, 1.54) is 18.2 Å². The second-order valence-electron chi connectivity index (χ2n) is 9.30. The molecule has 2 aliphatic rings. The molecule has 1 saturated heterocycles. The maximum Gasteiger partial charge on any atom is 0.335 e. The number of halogens is 2. The Hall–Kier alpha value is -2.83. The first-order valence-electron chi connectivity index (χ1n) is 10.7. The number of urea groups is 1. The quantitative estimate of drug-likeness (QED) is 0.438. The number of rotatable bonds is 2. The van der Waals surface area contributed by atoms with Crippen LogP contribution in [0.2, 0.25) is 10.0 Å². The number of aryl methyl sites for hydroxylation is 1. The zero-order valence-corrected chi connectivity index (χ0v) is 20.6. The number of barbiturate groups is 1. The summed E-state index contributed by atoms with van der Waals surface area (Å²) in [4.78, 5) is 41.5. The van der Waals surface area contributed by atoms with E-state index in [0.29, 0.717) is 10.9 Å². The van der Waals surface area contributed by atoms with Crippen LogP contribution in [0.15, 0.2) is 35.9 Å². The normalized spacial score (nSPS) is 21.4. The summed E-state index contributed by atoms with van der Waals surface area (Å²) in [7, 11) is 2.08. The summed E-state index contributed by atoms with van der Waals surface area (Å²) in [6.07, 6.45) is 2.53. The fraction of sp³-hybridized carbons (Fsp3) is 0.320. The van der Waals surface area contributed by atoms with E-state index in [9.17, 15) is 14.4 Å². The first-order chi connectivity index (χ1) is 15.4. The van der Waals surface area contributed by atoms with Crippen molar-refractivity contribution in [3.05, 3.63) is 62.6 Å². The molecule has 2 aromatic rings. The van der Waals surface area contributed by atoms with Crippen LogP contribution < -0.4 is 15.1 Å². The maximum absolute atomic E-state index is 13.2. The predicted octanol–water partition coefficient (Wildman–Crippen LogP) is 5.69. The zero-order valence-electron chi connectivity index (χ0n) is 19.1. The van der Waals surface area contributed by atoms with Crippen molar-refractivity contribution in [1.82, 2.24) is 5.32 Å². The first kappa shape index (κ1) is 23.3. The van der Waals surface area contributed by atoms with Gasteiger partial charge in [0.25, 0.3) is 11.8 Å². The molecule has 1 fully saturated rings. The van der Waals surface area contributed by atoms with Crippen molar-refractivity contribution in [2.24, 2.45) is 0 Å². The van der Waals surface area contributed by atoms with Crippen molar-refractivity contribution in [2.45, 2.75) is 45.6 Å². The fourth-order valence-corrected chi connectivity index (χ4v) is 4.85. The number of hydrogen-bond donors (Lipinski definition) is 1. The highest BCUT2D eigenvalue weighted by atomic mass is 35.5. The van der Waals surface area contributed by atoms with Crippen molar-refractivity contribution < 1.29 is 14.4 Å². The van der Waals surface area contributed by atoms with Crippen molar-refractivity contribution in [3.63, 3.8) is 0 Å². The molecule has 2 heterocycles. The van der Waals surface area contributed by atoms with Gasteiger partial charge in [0.1, 0.15) is 5.57 Å². The monoisotopic (exact) mass is 485 g/mol. The fourth-order valence-electron chi connectivity index (χ4n) is 4.56. The Morgan fingerprint density at radius 3 is 2.45 bits per heavy atom.